The summed E-state index contributed by atoms with van der Waals surface area (Å²) in [7, 11) is 0. The Bertz CT molecular complexity index is 1050. The maximum Gasteiger partial charge on any atom is 0.412 e. The van der Waals surface area contributed by atoms with E-state index >= 15 is 0 Å². The molecule has 1 aromatic carbocycles. The Morgan fingerprint density at radius 2 is 2.03 bits per heavy atom. The van der Waals surface area contributed by atoms with Crippen LogP contribution in [0.4, 0.5) is 14.9 Å². The molecule has 1 N–H and O–H groups in total. The molecule has 29 heavy (non-hydrogen) atoms. The number of nitrogens with zero attached hydrogens (tertiary/aromatic N) is 2. The summed E-state index contributed by atoms with van der Waals surface area (Å²) >= 11 is 7.37. The van der Waals surface area contributed by atoms with Crippen LogP contribution in [0.3, 0.4) is 0 Å². The zero-order valence-electron chi connectivity index (χ0n) is 16.2. The predicted octanol–water partition coefficient (Wildman–Crippen LogP) is 6.45. The summed E-state index contributed by atoms with van der Waals surface area (Å²) in [6.45, 7) is 6.99. The maximum absolute atomic E-state index is 14.3. The fourth-order valence-electron chi connectivity index (χ4n) is 2.26. The van der Waals surface area contributed by atoms with Gasteiger partial charge in [0.25, 0.3) is 5.19 Å². The molecule has 6 nitrogen and oxygen atoms in total. The molecule has 0 aliphatic carbocycles. The molecule has 0 spiro atoms. The van der Waals surface area contributed by atoms with Crippen molar-refractivity contribution in [3.8, 4) is 22.2 Å². The van der Waals surface area contributed by atoms with Gasteiger partial charge in [0.2, 0.25) is 0 Å². The first-order valence-corrected chi connectivity index (χ1v) is 9.92. The molecular formula is C20H19ClFN3O3S. The number of pyridine rings is 1. The molecule has 0 aliphatic rings. The Morgan fingerprint density at radius 1 is 1.28 bits per heavy atom. The van der Waals surface area contributed by atoms with Crippen molar-refractivity contribution in [2.75, 3.05) is 5.32 Å². The summed E-state index contributed by atoms with van der Waals surface area (Å²) in [4.78, 5) is 20.4. The molecule has 2 aromatic heterocycles. The van der Waals surface area contributed by atoms with Crippen LogP contribution in [0, 0.1) is 12.7 Å². The first-order chi connectivity index (χ1) is 13.6. The van der Waals surface area contributed by atoms with E-state index in [2.05, 4.69) is 15.3 Å². The Labute approximate surface area is 176 Å². The van der Waals surface area contributed by atoms with Crippen LogP contribution in [0.5, 0.6) is 10.9 Å². The lowest BCUT2D eigenvalue weighted by Gasteiger charge is -2.19. The van der Waals surface area contributed by atoms with E-state index in [1.807, 2.05) is 6.92 Å². The number of benzene rings is 1. The second kappa shape index (κ2) is 8.34. The number of aromatic nitrogens is 2. The number of aryl methyl sites for hydroxylation is 1. The van der Waals surface area contributed by atoms with Gasteiger partial charge in [0.05, 0.1) is 22.1 Å². The number of anilines is 1. The highest BCUT2D eigenvalue weighted by atomic mass is 35.5. The number of hydrogen-bond acceptors (Lipinski definition) is 6. The van der Waals surface area contributed by atoms with E-state index in [1.54, 1.807) is 38.4 Å². The van der Waals surface area contributed by atoms with Gasteiger partial charge in [-0.1, -0.05) is 22.9 Å². The summed E-state index contributed by atoms with van der Waals surface area (Å²) in [5.41, 5.74) is 1.46. The van der Waals surface area contributed by atoms with Crippen molar-refractivity contribution in [1.82, 2.24) is 9.97 Å². The number of halogens is 2. The predicted molar refractivity (Wildman–Crippen MR) is 111 cm³/mol. The van der Waals surface area contributed by atoms with E-state index in [-0.39, 0.29) is 11.4 Å². The number of ether oxygens (including phenoxy) is 2. The third kappa shape index (κ3) is 5.65. The molecule has 0 unspecified atom stereocenters. The van der Waals surface area contributed by atoms with Crippen molar-refractivity contribution in [2.24, 2.45) is 0 Å². The van der Waals surface area contributed by atoms with Crippen LogP contribution < -0.4 is 10.1 Å². The van der Waals surface area contributed by atoms with Gasteiger partial charge < -0.3 is 9.47 Å². The molecule has 0 bridgehead atoms. The number of rotatable bonds is 4. The monoisotopic (exact) mass is 435 g/mol. The molecule has 1 amide bonds. The minimum atomic E-state index is -0.736. The molecule has 0 aliphatic heterocycles. The van der Waals surface area contributed by atoms with Gasteiger partial charge in [0, 0.05) is 23.2 Å². The first-order valence-electron chi connectivity index (χ1n) is 8.66. The Hall–Kier alpha value is -2.71. The van der Waals surface area contributed by atoms with Crippen molar-refractivity contribution in [2.45, 2.75) is 33.3 Å². The van der Waals surface area contributed by atoms with E-state index < -0.39 is 17.5 Å². The van der Waals surface area contributed by atoms with Crippen molar-refractivity contribution in [3.63, 3.8) is 0 Å². The Balaban J connectivity index is 1.70. The lowest BCUT2D eigenvalue weighted by atomic mass is 10.2. The molecule has 3 rings (SSSR count). The van der Waals surface area contributed by atoms with Crippen LogP contribution in [-0.4, -0.2) is 21.7 Å². The van der Waals surface area contributed by atoms with Crippen molar-refractivity contribution in [3.05, 3.63) is 52.4 Å². The van der Waals surface area contributed by atoms with E-state index in [1.165, 1.54) is 23.5 Å². The lowest BCUT2D eigenvalue weighted by molar-refractivity contribution is 0.0635. The molecule has 152 valence electrons. The van der Waals surface area contributed by atoms with Crippen molar-refractivity contribution in [1.29, 1.82) is 0 Å². The van der Waals surface area contributed by atoms with Gasteiger partial charge >= 0.3 is 6.09 Å². The van der Waals surface area contributed by atoms with Gasteiger partial charge in [0.15, 0.2) is 5.82 Å². The minimum absolute atomic E-state index is 0.00759. The van der Waals surface area contributed by atoms with Gasteiger partial charge in [-0.15, -0.1) is 0 Å². The van der Waals surface area contributed by atoms with Crippen LogP contribution in [-0.2, 0) is 4.74 Å². The van der Waals surface area contributed by atoms with Crippen molar-refractivity contribution >= 4 is 34.7 Å². The molecule has 0 atom stereocenters. The Kier molecular flexibility index (Phi) is 6.04. The molecule has 3 aromatic rings. The van der Waals surface area contributed by atoms with Crippen LogP contribution in [0.15, 0.2) is 35.8 Å². The number of thiazole rings is 1. The largest absolute Gasteiger partial charge is 0.444 e. The van der Waals surface area contributed by atoms with Gasteiger partial charge in [-0.2, -0.15) is 0 Å². The lowest BCUT2D eigenvalue weighted by Crippen LogP contribution is -2.27. The van der Waals surface area contributed by atoms with Crippen LogP contribution in [0.25, 0.3) is 11.3 Å². The van der Waals surface area contributed by atoms with E-state index in [0.29, 0.717) is 15.9 Å². The fourth-order valence-corrected chi connectivity index (χ4v) is 3.12. The number of hydrogen-bond donors (Lipinski definition) is 1. The summed E-state index contributed by atoms with van der Waals surface area (Å²) in [6, 6.07) is 5.87. The molecule has 0 fully saturated rings. The van der Waals surface area contributed by atoms with Crippen LogP contribution >= 0.6 is 22.9 Å². The maximum atomic E-state index is 14.3. The van der Waals surface area contributed by atoms with Gasteiger partial charge in [-0.25, -0.2) is 14.2 Å². The number of carbonyl (C=O) groups is 1. The van der Waals surface area contributed by atoms with Crippen LogP contribution in [0.2, 0.25) is 5.02 Å². The molecule has 0 radical (unpaired) electrons. The molecule has 0 saturated carbocycles. The zero-order valence-corrected chi connectivity index (χ0v) is 17.8. The Morgan fingerprint density at radius 3 is 2.69 bits per heavy atom. The number of nitrogens with one attached hydrogen (secondary N) is 1. The van der Waals surface area contributed by atoms with E-state index in [9.17, 15) is 9.18 Å². The third-order valence-electron chi connectivity index (χ3n) is 3.59. The first kappa shape index (κ1) is 21.0. The average Bonchev–Trinajstić information content (AvgIpc) is 3.06. The summed E-state index contributed by atoms with van der Waals surface area (Å²) in [5.74, 6) is -0.405. The highest BCUT2D eigenvalue weighted by Gasteiger charge is 2.18. The highest BCUT2D eigenvalue weighted by molar-refractivity contribution is 7.11. The number of amides is 1. The summed E-state index contributed by atoms with van der Waals surface area (Å²) in [6.07, 6.45) is 0.941. The smallest absolute Gasteiger partial charge is 0.412 e. The molecule has 2 heterocycles. The summed E-state index contributed by atoms with van der Waals surface area (Å²) in [5, 5.41) is 5.05. The van der Waals surface area contributed by atoms with Crippen molar-refractivity contribution < 1.29 is 18.7 Å². The molecular weight excluding hydrogens is 417 g/mol. The van der Waals surface area contributed by atoms with Gasteiger partial charge in [0.1, 0.15) is 11.4 Å². The van der Waals surface area contributed by atoms with Gasteiger partial charge in [-0.05, 0) is 45.9 Å². The highest BCUT2D eigenvalue weighted by Crippen LogP contribution is 2.32. The topological polar surface area (TPSA) is 73.3 Å². The van der Waals surface area contributed by atoms with Crippen LogP contribution in [0.1, 0.15) is 26.5 Å². The third-order valence-corrected chi connectivity index (χ3v) is 4.69. The SMILES string of the molecule is Cc1ncc(-c2csc(Oc3ccc(NC(=O)OC(C)(C)C)c(F)c3)n2)cc1Cl. The van der Waals surface area contributed by atoms with E-state index in [0.717, 1.165) is 17.3 Å². The minimum Gasteiger partial charge on any atom is -0.444 e. The zero-order chi connectivity index (χ0) is 21.2. The normalized spacial score (nSPS) is 11.2. The standard InChI is InChI=1S/C20H19ClFN3O3S/c1-11-14(21)7-12(9-23-11)17-10-29-19(25-17)27-13-5-6-16(15(22)8-13)24-18(26)28-20(2,3)4/h5-10H,1-4H3,(H,24,26). The summed E-state index contributed by atoms with van der Waals surface area (Å²) < 4.78 is 25.0. The fraction of sp³-hybridized carbons (Fsp3) is 0.250. The quantitative estimate of drug-likeness (QED) is 0.510. The van der Waals surface area contributed by atoms with Gasteiger partial charge in [-0.3, -0.25) is 10.3 Å². The van der Waals surface area contributed by atoms with E-state index in [4.69, 9.17) is 21.1 Å². The average molecular weight is 436 g/mol. The second-order valence-electron chi connectivity index (χ2n) is 7.16. The molecule has 0 saturated heterocycles. The second-order valence-corrected chi connectivity index (χ2v) is 8.39. The number of carbonyl (C=O) groups excluding carboxylic acids is 1. The molecule has 9 heteroatoms.